The smallest absolute Gasteiger partial charge is 0.491 e. The Labute approximate surface area is 748 Å². The zero-order chi connectivity index (χ0) is 189. The van der Waals surface area contributed by atoms with Gasteiger partial charge in [-0.1, -0.05) is 41.4 Å². The molecule has 9 heterocycles. The van der Waals surface area contributed by atoms with Gasteiger partial charge in [-0.15, -0.1) is 0 Å². The summed E-state index contributed by atoms with van der Waals surface area (Å²) in [6.45, 7) is 28.1. The number of pyridine rings is 6. The number of hydrogen-bond donors (Lipinski definition) is 8. The van der Waals surface area contributed by atoms with Crippen LogP contribution in [0.2, 0.25) is 10.3 Å². The number of ether oxygens (including phenoxy) is 6. The maximum atomic E-state index is 9.72. The van der Waals surface area contributed by atoms with E-state index in [0.717, 1.165) is 36.6 Å². The molecule has 12 rings (SSSR count). The van der Waals surface area contributed by atoms with Gasteiger partial charge in [0.25, 0.3) is 11.8 Å². The predicted molar refractivity (Wildman–Crippen MR) is 477 cm³/mol. The van der Waals surface area contributed by atoms with E-state index in [1.54, 1.807) is 80.2 Å². The summed E-state index contributed by atoms with van der Waals surface area (Å²) < 4.78 is 658. The van der Waals surface area contributed by atoms with E-state index < -0.39 is 21.4 Å². The molecule has 3 aliphatic heterocycles. The van der Waals surface area contributed by atoms with Gasteiger partial charge in [0.05, 0.1) is 58.5 Å². The molecule has 3 aliphatic rings. The van der Waals surface area contributed by atoms with Crippen molar-refractivity contribution in [3.05, 3.63) is 222 Å². The largest absolute Gasteiger partial charge is 0.508 e. The molecular weight excluding hydrogens is 1380 g/mol. The van der Waals surface area contributed by atoms with Crippen LogP contribution in [0.1, 0.15) is 199 Å². The zero-order valence-electron chi connectivity index (χ0n) is 170. The lowest BCUT2D eigenvalue weighted by Gasteiger charge is -2.12. The fraction of sp³-hybridized carbons (Fsp3) is 0.119. The molecule has 0 saturated carbocycles. The Balaban J connectivity index is -0.0000000224. The number of phenolic OH excluding ortho intramolecular Hbond substituents is 1. The van der Waals surface area contributed by atoms with Gasteiger partial charge in [-0.2, -0.15) is 0 Å². The van der Waals surface area contributed by atoms with Crippen molar-refractivity contribution in [3.8, 4) is 63.5 Å². The summed E-state index contributed by atoms with van der Waals surface area (Å²) in [5, 5.41) is 73.8. The van der Waals surface area contributed by atoms with Crippen molar-refractivity contribution in [2.24, 2.45) is 0 Å². The highest BCUT2D eigenvalue weighted by atomic mass is 79.9. The van der Waals surface area contributed by atoms with E-state index in [-0.39, 0.29) is 72.0 Å². The molecule has 0 unspecified atom stereocenters. The number of hydrogen-bond acceptors (Lipinski definition) is 23. The Morgan fingerprint density at radius 1 is 0.484 bits per heavy atom. The molecule has 34 heteroatoms. The van der Waals surface area contributed by atoms with Gasteiger partial charge in [-0.25, -0.2) is 34.3 Å². The van der Waals surface area contributed by atoms with Crippen LogP contribution in [0, 0.1) is 26.3 Å². The minimum atomic E-state index is -0.900. The zero-order valence-corrected chi connectivity index (χ0v) is 53.0. The minimum Gasteiger partial charge on any atom is -0.508 e. The summed E-state index contributed by atoms with van der Waals surface area (Å²) >= 11 is 17.5. The number of halogens is 4. The lowest BCUT2D eigenvalue weighted by Crippen LogP contribution is -2.27. The minimum absolute atomic E-state index is 0. The van der Waals surface area contributed by atoms with Crippen molar-refractivity contribution in [3.63, 3.8) is 0 Å². The summed E-state index contributed by atoms with van der Waals surface area (Å²) in [5.41, 5.74) is 5.94. The number of methoxy groups -OCH3 is 2. The van der Waals surface area contributed by atoms with Crippen LogP contribution >= 0.6 is 55.1 Å². The van der Waals surface area contributed by atoms with Crippen molar-refractivity contribution in [1.82, 2.24) is 29.9 Å². The molecular formula is C59H171B3Br2Cl2N10O17. The lowest BCUT2D eigenvalue weighted by atomic mass is 9.80. The summed E-state index contributed by atoms with van der Waals surface area (Å²) in [7, 11) is 0.433. The fourth-order valence-electron chi connectivity index (χ4n) is 7.33. The quantitative estimate of drug-likeness (QED) is 0.0273. The molecule has 0 amide bonds. The number of fused-ring (bicyclic) bond motifs is 3. The van der Waals surface area contributed by atoms with Crippen LogP contribution in [-0.2, 0) is 43.3 Å². The summed E-state index contributed by atoms with van der Waals surface area (Å²) in [4.78, 5) is 35.3. The Bertz CT molecular complexity index is 4390. The van der Waals surface area contributed by atoms with Crippen molar-refractivity contribution in [2.45, 2.75) is 19.8 Å². The van der Waals surface area contributed by atoms with Gasteiger partial charge in [0.2, 0.25) is 22.7 Å². The third kappa shape index (κ3) is 22.8. The van der Waals surface area contributed by atoms with E-state index >= 15 is 0 Å². The molecule has 93 heavy (non-hydrogen) atoms. The molecule has 0 atom stereocenters. The van der Waals surface area contributed by atoms with Crippen molar-refractivity contribution in [2.75, 3.05) is 27.8 Å². The molecule has 0 spiro atoms. The Kier molecular flexibility index (Phi) is 9.99. The first kappa shape index (κ1) is 25.2. The maximum absolute atomic E-state index is 9.72. The van der Waals surface area contributed by atoms with Gasteiger partial charge in [-0.3, -0.25) is 15.0 Å². The van der Waals surface area contributed by atoms with Crippen molar-refractivity contribution in [1.29, 1.82) is 0 Å². The maximum Gasteiger partial charge on any atom is 0.491 e. The molecule has 8 N–H and O–H groups in total. The highest BCUT2D eigenvalue weighted by Crippen LogP contribution is 2.35. The van der Waals surface area contributed by atoms with E-state index in [4.69, 9.17) is 298 Å². The standard InChI is InChI=1S/C15H13BN2O5.C13H9BN2O4.C7H7BO3.C7H7BrClNO2.C6H3ClN2O.C6H4N2O.C5H4BrNO.62H2/c1-17-11-6-14(21-9-20-2)15(18-7-11)23-12-3-4-13-10(5-12)8-22-16(13)19;1-15-9-5-12(17)13(16-6-9)20-10-2-3-11-8(4-10)7-19-14(11)18;9-6-1-2-7-5(3-6)4-11-8(7)10;1-11-4-12-6-2-5(8)3-10-7(6)9;1-8-4-2-5(10)6(7)9-3-4;1-7-5-2-6(9)4-8-3-5;6-4-1-5(8)3-7-2-4;;;;;;;;;;;;;;;;;;;;;;;;;;;;;;;;;;;;;;;;;;;;;;;;;;;;;;;;;;;;;;/h3-7,19H,8-9H2,2H3;2-6,17-18H,7H2;1-3,9-10H,4H2;2-3H,4H2,1H3;2-3,10H;2-4,9H;1-3,8H;62*1H/i;;;;;;;61*1+1D;1+1. The van der Waals surface area contributed by atoms with Gasteiger partial charge >= 0.3 is 21.4 Å². The normalized spacial score (nSPS) is 16.8. The molecule has 3 aromatic carbocycles. The van der Waals surface area contributed by atoms with Crippen LogP contribution in [0.25, 0.3) is 19.4 Å². The van der Waals surface area contributed by atoms with E-state index in [9.17, 15) is 15.2 Å². The molecule has 0 fully saturated rings. The summed E-state index contributed by atoms with van der Waals surface area (Å²) in [6, 6.07) is 23.9. The van der Waals surface area contributed by atoms with Gasteiger partial charge in [-0.05, 0) is 138 Å². The molecule has 0 aliphatic carbocycles. The lowest BCUT2D eigenvalue weighted by molar-refractivity contribution is 0.0491. The van der Waals surface area contributed by atoms with Crippen LogP contribution < -0.4 is 35.3 Å². The Morgan fingerprint density at radius 3 is 1.41 bits per heavy atom. The molecule has 9 aromatic rings. The highest BCUT2D eigenvalue weighted by molar-refractivity contribution is 9.10. The van der Waals surface area contributed by atoms with Gasteiger partial charge in [0, 0.05) is 243 Å². The molecule has 6 aromatic heterocycles. The third-order valence-electron chi connectivity index (χ3n) is 11.6. The van der Waals surface area contributed by atoms with Crippen LogP contribution in [-0.4, -0.2) is 120 Å². The Hall–Kier alpha value is -9.87. The molecule has 0 bridgehead atoms. The van der Waals surface area contributed by atoms with E-state index in [2.05, 4.69) is 81.1 Å². The molecule has 0 saturated heterocycles. The van der Waals surface area contributed by atoms with Gasteiger partial charge < -0.3 is 83.0 Å². The van der Waals surface area contributed by atoms with E-state index in [1.165, 1.54) is 74.6 Å². The summed E-state index contributed by atoms with van der Waals surface area (Å²) in [6.07, 6.45) is 11.3. The second-order valence-electron chi connectivity index (χ2n) is 18.1. The second-order valence-corrected chi connectivity index (χ2v) is 20.6. The van der Waals surface area contributed by atoms with Crippen molar-refractivity contribution < 1.29 is 266 Å². The fourth-order valence-corrected chi connectivity index (χ4v) is 8.25. The number of aromatic hydroxyl groups is 5. The molecule has 596 valence electrons. The first-order valence-electron chi connectivity index (χ1n) is 87.1. The number of phenols is 1. The predicted octanol–water partition coefficient (Wildman–Crippen LogP) is 25.2. The van der Waals surface area contributed by atoms with Crippen LogP contribution in [0.15, 0.2) is 150 Å². The SMILES string of the molecule is COCOc1cc(Br)cnc1Cl.OB1OCc2cc(O)ccc21.Oc1cncc(Br)c1.[2HH].[2H][2H].[2H][2H].[2H][2H].[2H][2H].[2H][2H].[2H][2H].[2H][2H].[2H][2H].[2H][2H].[2H][2H].[2H][2H].[2H][2H].[2H][2H].[2H][2H].[2H][2H].[2H][2H].[2H][2H].[2H][2H].[2H][2H].[2H][2H].[2H][2H].[2H][2H].[2H][2H].[2H][2H].[2H][2H].[2H][2H].[2H][2H].[2H][2H].[2H][2H].[2H][2H].[2H][2H].[2H][2H].[2H][2H].[2H][2H].[2H][2H].[2H][2H].[2H][2H].[2H][2H].[2H][2H].[2H][2H].[2H][2H].[2H][2H].[2H][2H].[2H][2H].[2H][2H].[2H][2H].[2H][2H].[2H][2H].[2H][2H].[2H][2H].[2H][2H].[2H][2H].[2H][2H].[2H][2H].[2H][2H].[2H][2H].[2H][2H].[2H][2H].[2H][2H].[2H][2H].[2H][2H].[C-]#[N+]c1cnc(Cl)c(O)c1.[C-]#[N+]c1cnc(Oc2ccc3c(c2)COB3O)c(O)c1.[C-]#[N+]c1cnc(Oc2ccc3c(c2)COB3O)c(OCOC)c1.[C-]#[N+]c1cncc(O)c1. The van der Waals surface area contributed by atoms with Crippen LogP contribution in [0.5, 0.6) is 63.5 Å². The van der Waals surface area contributed by atoms with E-state index in [0.29, 0.717) is 64.8 Å². The molecule has 0 radical (unpaired) electrons. The van der Waals surface area contributed by atoms with Gasteiger partial charge in [0.1, 0.15) is 34.5 Å². The first-order chi connectivity index (χ1) is 106. The number of aromatic nitrogens is 6. The van der Waals surface area contributed by atoms with Crippen LogP contribution in [0.4, 0.5) is 22.7 Å². The van der Waals surface area contributed by atoms with Crippen molar-refractivity contribution >= 4 is 116 Å². The average molecular weight is 1680 g/mol. The number of rotatable bonds is 10. The first-order valence-corrected chi connectivity index (χ1v) is 28.4. The third-order valence-corrected chi connectivity index (χ3v) is 13.0. The van der Waals surface area contributed by atoms with Crippen LogP contribution in [0.3, 0.4) is 0 Å². The van der Waals surface area contributed by atoms with E-state index in [1.807, 2.05) is 0 Å². The monoisotopic (exact) mass is 1680 g/mol. The highest BCUT2D eigenvalue weighted by Gasteiger charge is 2.29. The van der Waals surface area contributed by atoms with Gasteiger partial charge in [0.15, 0.2) is 41.1 Å². The summed E-state index contributed by atoms with van der Waals surface area (Å²) in [5.74, 6) is 2.15. The average Bonchev–Trinajstić information content (AvgIpc) is 1.67. The second kappa shape index (κ2) is 36.8. The number of nitrogens with zero attached hydrogens (tertiary/aromatic N) is 10. The number of benzene rings is 3. The Morgan fingerprint density at radius 2 is 0.925 bits per heavy atom. The molecule has 27 nitrogen and oxygen atoms in total. The topological polar surface area (TPSA) is 340 Å².